The molecule has 1 atom stereocenters. The van der Waals surface area contributed by atoms with E-state index in [9.17, 15) is 0 Å². The fraction of sp³-hybridized carbons (Fsp3) is 0.632. The normalized spacial score (nSPS) is 18.8. The van der Waals surface area contributed by atoms with E-state index in [0.717, 1.165) is 25.0 Å². The van der Waals surface area contributed by atoms with E-state index in [-0.39, 0.29) is 24.0 Å². The van der Waals surface area contributed by atoms with Crippen LogP contribution in [0.4, 0.5) is 0 Å². The smallest absolute Gasteiger partial charge is 0.191 e. The summed E-state index contributed by atoms with van der Waals surface area (Å²) in [5, 5.41) is 6.77. The van der Waals surface area contributed by atoms with E-state index in [1.807, 2.05) is 13.1 Å². The predicted molar refractivity (Wildman–Crippen MR) is 114 cm³/mol. The largest absolute Gasteiger partial charge is 0.356 e. The van der Waals surface area contributed by atoms with Gasteiger partial charge in [-0.05, 0) is 50.3 Å². The highest BCUT2D eigenvalue weighted by atomic mass is 127. The van der Waals surface area contributed by atoms with Crippen molar-refractivity contribution >= 4 is 29.9 Å². The van der Waals surface area contributed by atoms with E-state index in [1.165, 1.54) is 50.9 Å². The molecule has 0 saturated carbocycles. The van der Waals surface area contributed by atoms with E-state index in [4.69, 9.17) is 0 Å². The highest BCUT2D eigenvalue weighted by Gasteiger charge is 2.15. The second-order valence-electron chi connectivity index (χ2n) is 6.59. The molecule has 2 N–H and O–H groups in total. The van der Waals surface area contributed by atoms with Crippen LogP contribution in [0.25, 0.3) is 0 Å². The zero-order valence-corrected chi connectivity index (χ0v) is 17.5. The van der Waals surface area contributed by atoms with Gasteiger partial charge in [-0.2, -0.15) is 0 Å². The zero-order valence-electron chi connectivity index (χ0n) is 15.1. The van der Waals surface area contributed by atoms with Crippen LogP contribution in [-0.4, -0.2) is 44.1 Å². The third-order valence-corrected chi connectivity index (χ3v) is 4.46. The Morgan fingerprint density at radius 1 is 1.21 bits per heavy atom. The van der Waals surface area contributed by atoms with Crippen molar-refractivity contribution in [1.29, 1.82) is 0 Å². The van der Waals surface area contributed by atoms with Gasteiger partial charge < -0.3 is 15.5 Å². The second-order valence-corrected chi connectivity index (χ2v) is 6.59. The number of unbranched alkanes of at least 4 members (excludes halogenated alkanes) is 1. The third-order valence-electron chi connectivity index (χ3n) is 4.46. The van der Waals surface area contributed by atoms with Crippen LogP contribution in [-0.2, 0) is 6.54 Å². The van der Waals surface area contributed by atoms with Crippen LogP contribution >= 0.6 is 24.0 Å². The van der Waals surface area contributed by atoms with Crippen LogP contribution in [0, 0.1) is 5.92 Å². The molecule has 0 amide bonds. The molecule has 0 aromatic heterocycles. The van der Waals surface area contributed by atoms with Gasteiger partial charge in [-0.15, -0.1) is 24.0 Å². The maximum atomic E-state index is 4.28. The third kappa shape index (κ3) is 8.33. The van der Waals surface area contributed by atoms with Crippen molar-refractivity contribution in [2.75, 3.05) is 33.2 Å². The van der Waals surface area contributed by atoms with Gasteiger partial charge in [0.1, 0.15) is 0 Å². The molecule has 4 nitrogen and oxygen atoms in total. The summed E-state index contributed by atoms with van der Waals surface area (Å²) in [6.07, 6.45) is 5.23. The first kappa shape index (κ1) is 21.2. The maximum Gasteiger partial charge on any atom is 0.191 e. The van der Waals surface area contributed by atoms with Gasteiger partial charge >= 0.3 is 0 Å². The Morgan fingerprint density at radius 3 is 2.71 bits per heavy atom. The molecule has 0 aliphatic carbocycles. The molecule has 1 saturated heterocycles. The van der Waals surface area contributed by atoms with E-state index in [1.54, 1.807) is 0 Å². The van der Waals surface area contributed by atoms with Gasteiger partial charge in [-0.25, -0.2) is 0 Å². The molecular weight excluding hydrogens is 411 g/mol. The number of guanidine groups is 1. The van der Waals surface area contributed by atoms with Gasteiger partial charge in [0.2, 0.25) is 0 Å². The van der Waals surface area contributed by atoms with Crippen molar-refractivity contribution in [3.05, 3.63) is 35.9 Å². The van der Waals surface area contributed by atoms with Crippen molar-refractivity contribution in [3.63, 3.8) is 0 Å². The standard InChI is InChI=1S/C19H32N4.HI/c1-17-9-8-14-23(16-17)13-7-6-12-21-19(20-2)22-15-18-10-4-3-5-11-18;/h3-5,10-11,17H,6-9,12-16H2,1-2H3,(H2,20,21,22);1H. The van der Waals surface area contributed by atoms with Crippen LogP contribution in [0.15, 0.2) is 35.3 Å². The van der Waals surface area contributed by atoms with Gasteiger partial charge in [-0.3, -0.25) is 4.99 Å². The molecule has 1 heterocycles. The summed E-state index contributed by atoms with van der Waals surface area (Å²) in [7, 11) is 1.83. The lowest BCUT2D eigenvalue weighted by atomic mass is 10.0. The Kier molecular flexibility index (Phi) is 11.1. The number of piperidine rings is 1. The first-order valence-electron chi connectivity index (χ1n) is 8.98. The molecule has 1 fully saturated rings. The molecule has 0 spiro atoms. The number of hydrogen-bond acceptors (Lipinski definition) is 2. The SMILES string of the molecule is CN=C(NCCCCN1CCCC(C)C1)NCc1ccccc1.I. The molecule has 0 bridgehead atoms. The molecule has 2 rings (SSSR count). The summed E-state index contributed by atoms with van der Waals surface area (Å²) < 4.78 is 0. The van der Waals surface area contributed by atoms with Crippen molar-refractivity contribution < 1.29 is 0 Å². The summed E-state index contributed by atoms with van der Waals surface area (Å²) in [6, 6.07) is 10.4. The van der Waals surface area contributed by atoms with E-state index in [2.05, 4.69) is 51.7 Å². The Balaban J connectivity index is 0.00000288. The number of hydrogen-bond donors (Lipinski definition) is 2. The van der Waals surface area contributed by atoms with Crippen molar-refractivity contribution in [1.82, 2.24) is 15.5 Å². The fourth-order valence-electron chi connectivity index (χ4n) is 3.16. The molecule has 0 radical (unpaired) electrons. The molecular formula is C19H33IN4. The summed E-state index contributed by atoms with van der Waals surface area (Å²) in [5.74, 6) is 1.77. The minimum Gasteiger partial charge on any atom is -0.356 e. The van der Waals surface area contributed by atoms with Gasteiger partial charge in [0.05, 0.1) is 0 Å². The zero-order chi connectivity index (χ0) is 16.3. The van der Waals surface area contributed by atoms with Crippen LogP contribution in [0.1, 0.15) is 38.2 Å². The summed E-state index contributed by atoms with van der Waals surface area (Å²) in [5.41, 5.74) is 1.27. The number of likely N-dealkylation sites (tertiary alicyclic amines) is 1. The number of nitrogens with zero attached hydrogens (tertiary/aromatic N) is 2. The first-order valence-corrected chi connectivity index (χ1v) is 8.98. The van der Waals surface area contributed by atoms with Crippen LogP contribution in [0.2, 0.25) is 0 Å². The Bertz CT molecular complexity index is 464. The molecule has 1 unspecified atom stereocenters. The monoisotopic (exact) mass is 444 g/mol. The summed E-state index contributed by atoms with van der Waals surface area (Å²) in [4.78, 5) is 6.91. The predicted octanol–water partition coefficient (Wildman–Crippen LogP) is 3.48. The number of aliphatic imine (C=N–C) groups is 1. The minimum atomic E-state index is 0. The molecule has 5 heteroatoms. The van der Waals surface area contributed by atoms with Gasteiger partial charge in [0.25, 0.3) is 0 Å². The number of halogens is 1. The van der Waals surface area contributed by atoms with E-state index >= 15 is 0 Å². The molecule has 1 aromatic carbocycles. The van der Waals surface area contributed by atoms with Crippen LogP contribution < -0.4 is 10.6 Å². The lowest BCUT2D eigenvalue weighted by molar-refractivity contribution is 0.181. The fourth-order valence-corrected chi connectivity index (χ4v) is 3.16. The molecule has 24 heavy (non-hydrogen) atoms. The van der Waals surface area contributed by atoms with Crippen LogP contribution in [0.3, 0.4) is 0 Å². The van der Waals surface area contributed by atoms with E-state index in [0.29, 0.717) is 0 Å². The molecule has 1 aromatic rings. The van der Waals surface area contributed by atoms with Crippen molar-refractivity contribution in [2.24, 2.45) is 10.9 Å². The maximum absolute atomic E-state index is 4.28. The average molecular weight is 444 g/mol. The highest BCUT2D eigenvalue weighted by Crippen LogP contribution is 2.15. The van der Waals surface area contributed by atoms with Crippen LogP contribution in [0.5, 0.6) is 0 Å². The lowest BCUT2D eigenvalue weighted by Crippen LogP contribution is -2.38. The lowest BCUT2D eigenvalue weighted by Gasteiger charge is -2.30. The topological polar surface area (TPSA) is 39.7 Å². The Labute approximate surface area is 164 Å². The molecule has 136 valence electrons. The Hall–Kier alpha value is -0.820. The minimum absolute atomic E-state index is 0. The van der Waals surface area contributed by atoms with E-state index < -0.39 is 0 Å². The van der Waals surface area contributed by atoms with Gasteiger partial charge in [0, 0.05) is 26.7 Å². The number of rotatable bonds is 7. The second kappa shape index (κ2) is 12.5. The Morgan fingerprint density at radius 2 is 2.00 bits per heavy atom. The van der Waals surface area contributed by atoms with Crippen molar-refractivity contribution in [2.45, 2.75) is 39.2 Å². The quantitative estimate of drug-likeness (QED) is 0.293. The van der Waals surface area contributed by atoms with Gasteiger partial charge in [0.15, 0.2) is 5.96 Å². The van der Waals surface area contributed by atoms with Crippen molar-refractivity contribution in [3.8, 4) is 0 Å². The number of nitrogens with one attached hydrogen (secondary N) is 2. The average Bonchev–Trinajstić information content (AvgIpc) is 2.58. The number of benzene rings is 1. The summed E-state index contributed by atoms with van der Waals surface area (Å²) in [6.45, 7) is 7.98. The highest BCUT2D eigenvalue weighted by molar-refractivity contribution is 14.0. The summed E-state index contributed by atoms with van der Waals surface area (Å²) >= 11 is 0. The molecule has 1 aliphatic rings. The van der Waals surface area contributed by atoms with Gasteiger partial charge in [-0.1, -0.05) is 37.3 Å². The first-order chi connectivity index (χ1) is 11.3. The molecule has 1 aliphatic heterocycles.